The van der Waals surface area contributed by atoms with Crippen molar-refractivity contribution in [3.63, 3.8) is 0 Å². The second kappa shape index (κ2) is 11.6. The van der Waals surface area contributed by atoms with Gasteiger partial charge < -0.3 is 10.6 Å². The number of hydrogen-bond donors (Lipinski definition) is 3. The smallest absolute Gasteiger partial charge is 0.247 e. The van der Waals surface area contributed by atoms with E-state index in [-0.39, 0.29) is 28.2 Å². The number of benzene rings is 1. The van der Waals surface area contributed by atoms with Gasteiger partial charge in [0.25, 0.3) is 0 Å². The molecule has 0 amide bonds. The third kappa shape index (κ3) is 8.58. The zero-order valence-corrected chi connectivity index (χ0v) is 19.5. The van der Waals surface area contributed by atoms with Crippen LogP contribution in [-0.4, -0.2) is 20.9 Å². The summed E-state index contributed by atoms with van der Waals surface area (Å²) in [4.78, 5) is 5.51. The Hall–Kier alpha value is -1.17. The molecule has 0 fully saturated rings. The van der Waals surface area contributed by atoms with Crippen LogP contribution in [-0.2, 0) is 23.1 Å². The number of primary sulfonamides is 1. The normalized spacial score (nSPS) is 11.7. The van der Waals surface area contributed by atoms with E-state index in [4.69, 9.17) is 5.14 Å². The maximum Gasteiger partial charge on any atom is 0.247 e. The number of guanidine groups is 1. The van der Waals surface area contributed by atoms with Gasteiger partial charge in [0, 0.05) is 11.4 Å². The summed E-state index contributed by atoms with van der Waals surface area (Å²) in [5.41, 5.74) is 2.36. The number of halogens is 1. The van der Waals surface area contributed by atoms with Gasteiger partial charge in [-0.25, -0.2) is 18.5 Å². The molecule has 0 saturated heterocycles. The van der Waals surface area contributed by atoms with Gasteiger partial charge in [0.1, 0.15) is 4.21 Å². The van der Waals surface area contributed by atoms with Gasteiger partial charge in [-0.15, -0.1) is 35.3 Å². The number of thiophene rings is 1. The zero-order valence-electron chi connectivity index (χ0n) is 15.6. The molecule has 150 valence electrons. The van der Waals surface area contributed by atoms with Crippen molar-refractivity contribution < 1.29 is 8.42 Å². The van der Waals surface area contributed by atoms with Crippen molar-refractivity contribution in [3.8, 4) is 0 Å². The summed E-state index contributed by atoms with van der Waals surface area (Å²) in [5, 5.41) is 11.7. The van der Waals surface area contributed by atoms with Crippen LogP contribution in [0, 0.1) is 6.92 Å². The van der Waals surface area contributed by atoms with Crippen LogP contribution in [0.25, 0.3) is 0 Å². The van der Waals surface area contributed by atoms with Crippen LogP contribution in [0.2, 0.25) is 0 Å². The summed E-state index contributed by atoms with van der Waals surface area (Å²) in [7, 11) is -3.64. The Labute approximate surface area is 182 Å². The van der Waals surface area contributed by atoms with Crippen LogP contribution in [0.5, 0.6) is 0 Å². The number of unbranched alkanes of at least 4 members (excludes halogenated alkanes) is 1. The molecule has 2 aromatic rings. The summed E-state index contributed by atoms with van der Waals surface area (Å²) >= 11 is 1.17. The molecule has 0 aliphatic heterocycles. The molecule has 0 unspecified atom stereocenters. The van der Waals surface area contributed by atoms with Gasteiger partial charge >= 0.3 is 0 Å². The Bertz CT molecular complexity index is 833. The lowest BCUT2D eigenvalue weighted by atomic mass is 10.1. The van der Waals surface area contributed by atoms with Crippen LogP contribution in [0.15, 0.2) is 45.6 Å². The van der Waals surface area contributed by atoms with E-state index in [0.717, 1.165) is 29.8 Å². The van der Waals surface area contributed by atoms with Crippen LogP contribution in [0.3, 0.4) is 0 Å². The number of sulfonamides is 1. The van der Waals surface area contributed by atoms with Gasteiger partial charge in [-0.05, 0) is 31.0 Å². The number of nitrogens with two attached hydrogens (primary N) is 1. The summed E-state index contributed by atoms with van der Waals surface area (Å²) in [6, 6.07) is 11.6. The molecule has 9 heteroatoms. The van der Waals surface area contributed by atoms with Gasteiger partial charge in [0.2, 0.25) is 10.0 Å². The van der Waals surface area contributed by atoms with E-state index < -0.39 is 10.0 Å². The fourth-order valence-electron chi connectivity index (χ4n) is 2.20. The van der Waals surface area contributed by atoms with Crippen molar-refractivity contribution in [1.29, 1.82) is 0 Å². The first-order valence-electron chi connectivity index (χ1n) is 8.57. The standard InChI is InChI=1S/C18H26N4O2S2.HI/c1-3-4-11-20-18(21-12-15-7-5-14(2)6-8-15)22-13-16-9-10-17(25-16)26(19,23)24;/h5-10H,3-4,11-13H2,1-2H3,(H2,19,23,24)(H2,20,21,22);1H. The van der Waals surface area contributed by atoms with Crippen LogP contribution in [0.4, 0.5) is 0 Å². The molecule has 0 saturated carbocycles. The van der Waals surface area contributed by atoms with Gasteiger partial charge in [0.05, 0.1) is 13.1 Å². The van der Waals surface area contributed by atoms with Crippen molar-refractivity contribution >= 4 is 51.3 Å². The van der Waals surface area contributed by atoms with E-state index in [2.05, 4.69) is 53.7 Å². The van der Waals surface area contributed by atoms with E-state index in [9.17, 15) is 8.42 Å². The Balaban J connectivity index is 0.00000364. The highest BCUT2D eigenvalue weighted by Crippen LogP contribution is 2.19. The fraction of sp³-hybridized carbons (Fsp3) is 0.389. The minimum absolute atomic E-state index is 0. The predicted molar refractivity (Wildman–Crippen MR) is 123 cm³/mol. The molecule has 2 rings (SSSR count). The Morgan fingerprint density at radius 1 is 1.15 bits per heavy atom. The Kier molecular flexibility index (Phi) is 10.3. The molecule has 0 spiro atoms. The summed E-state index contributed by atoms with van der Waals surface area (Å²) in [5.74, 6) is 0.713. The Morgan fingerprint density at radius 3 is 2.44 bits per heavy atom. The molecule has 4 N–H and O–H groups in total. The lowest BCUT2D eigenvalue weighted by Gasteiger charge is -2.12. The molecule has 0 aliphatic rings. The fourth-order valence-corrected chi connectivity index (χ4v) is 3.92. The first-order valence-corrected chi connectivity index (χ1v) is 10.9. The lowest BCUT2D eigenvalue weighted by Crippen LogP contribution is -2.37. The average Bonchev–Trinajstić information content (AvgIpc) is 3.08. The van der Waals surface area contributed by atoms with Crippen molar-refractivity contribution in [1.82, 2.24) is 10.6 Å². The number of aliphatic imine (C=N–C) groups is 1. The third-order valence-electron chi connectivity index (χ3n) is 3.71. The molecule has 0 radical (unpaired) electrons. The highest BCUT2D eigenvalue weighted by Gasteiger charge is 2.11. The topological polar surface area (TPSA) is 96.6 Å². The van der Waals surface area contributed by atoms with E-state index in [1.807, 2.05) is 0 Å². The van der Waals surface area contributed by atoms with Crippen molar-refractivity contribution in [2.75, 3.05) is 6.54 Å². The van der Waals surface area contributed by atoms with E-state index >= 15 is 0 Å². The maximum atomic E-state index is 11.4. The van der Waals surface area contributed by atoms with Gasteiger partial charge in [-0.2, -0.15) is 0 Å². The molecule has 1 aromatic heterocycles. The van der Waals surface area contributed by atoms with Crippen LogP contribution < -0.4 is 15.8 Å². The van der Waals surface area contributed by atoms with Gasteiger partial charge in [-0.1, -0.05) is 43.2 Å². The van der Waals surface area contributed by atoms with Crippen LogP contribution >= 0.6 is 35.3 Å². The maximum absolute atomic E-state index is 11.4. The summed E-state index contributed by atoms with van der Waals surface area (Å²) in [6.45, 7) is 6.10. The van der Waals surface area contributed by atoms with Crippen molar-refractivity contribution in [2.45, 2.75) is 44.0 Å². The number of nitrogens with one attached hydrogen (secondary N) is 2. The first-order chi connectivity index (χ1) is 12.4. The van der Waals surface area contributed by atoms with Crippen molar-refractivity contribution in [2.24, 2.45) is 10.1 Å². The summed E-state index contributed by atoms with van der Waals surface area (Å²) < 4.78 is 22.9. The highest BCUT2D eigenvalue weighted by molar-refractivity contribution is 14.0. The van der Waals surface area contributed by atoms with Gasteiger partial charge in [0.15, 0.2) is 5.96 Å². The summed E-state index contributed by atoms with van der Waals surface area (Å²) in [6.07, 6.45) is 2.15. The Morgan fingerprint density at radius 2 is 1.85 bits per heavy atom. The van der Waals surface area contributed by atoms with Crippen molar-refractivity contribution in [3.05, 3.63) is 52.4 Å². The van der Waals surface area contributed by atoms with E-state index in [1.54, 1.807) is 6.07 Å². The number of nitrogens with zero attached hydrogens (tertiary/aromatic N) is 1. The molecule has 0 aliphatic carbocycles. The van der Waals surface area contributed by atoms with E-state index in [1.165, 1.54) is 23.0 Å². The zero-order chi connectivity index (χ0) is 19.0. The second-order valence-electron chi connectivity index (χ2n) is 6.05. The molecule has 1 heterocycles. The van der Waals surface area contributed by atoms with Gasteiger partial charge in [-0.3, -0.25) is 0 Å². The lowest BCUT2D eigenvalue weighted by molar-refractivity contribution is 0.600. The quantitative estimate of drug-likeness (QED) is 0.215. The minimum atomic E-state index is -3.64. The molecule has 0 atom stereocenters. The number of hydrogen-bond acceptors (Lipinski definition) is 4. The highest BCUT2D eigenvalue weighted by atomic mass is 127. The SMILES string of the molecule is CCCCNC(=NCc1ccc(C)cc1)NCc1ccc(S(N)(=O)=O)s1.I. The molecule has 0 bridgehead atoms. The largest absolute Gasteiger partial charge is 0.356 e. The average molecular weight is 522 g/mol. The first kappa shape index (κ1) is 23.9. The second-order valence-corrected chi connectivity index (χ2v) is 9.01. The van der Waals surface area contributed by atoms with Crippen LogP contribution in [0.1, 0.15) is 35.8 Å². The molecule has 1 aromatic carbocycles. The molecule has 6 nitrogen and oxygen atoms in total. The number of aryl methyl sites for hydroxylation is 1. The molecular weight excluding hydrogens is 495 g/mol. The molecule has 27 heavy (non-hydrogen) atoms. The minimum Gasteiger partial charge on any atom is -0.356 e. The molecular formula is C18H27IN4O2S2. The van der Waals surface area contributed by atoms with E-state index in [0.29, 0.717) is 19.0 Å². The number of rotatable bonds is 8. The monoisotopic (exact) mass is 522 g/mol. The predicted octanol–water partition coefficient (Wildman–Crippen LogP) is 3.36. The third-order valence-corrected chi connectivity index (χ3v) is 6.23.